The third-order valence-electron chi connectivity index (χ3n) is 2.54. The summed E-state index contributed by atoms with van der Waals surface area (Å²) in [5, 5.41) is 8.65. The van der Waals surface area contributed by atoms with Crippen molar-refractivity contribution in [2.24, 2.45) is 0 Å². The first-order valence-electron chi connectivity index (χ1n) is 5.74. The average Bonchev–Trinajstić information content (AvgIpc) is 2.53. The summed E-state index contributed by atoms with van der Waals surface area (Å²) in [7, 11) is 1.47. The van der Waals surface area contributed by atoms with E-state index >= 15 is 0 Å². The number of methoxy groups -OCH3 is 1. The van der Waals surface area contributed by atoms with Gasteiger partial charge in [-0.15, -0.1) is 0 Å². The molecular weight excluding hydrogens is 258 g/mol. The van der Waals surface area contributed by atoms with Crippen LogP contribution in [-0.4, -0.2) is 23.4 Å². The fourth-order valence-corrected chi connectivity index (χ4v) is 1.50. The maximum absolute atomic E-state index is 11.0. The van der Waals surface area contributed by atoms with Gasteiger partial charge in [0.1, 0.15) is 24.1 Å². The van der Waals surface area contributed by atoms with E-state index in [-0.39, 0.29) is 6.61 Å². The van der Waals surface area contributed by atoms with Crippen LogP contribution >= 0.6 is 0 Å². The van der Waals surface area contributed by atoms with Crippen molar-refractivity contribution in [3.8, 4) is 17.7 Å². The number of hydrogen-bond donors (Lipinski definition) is 0. The summed E-state index contributed by atoms with van der Waals surface area (Å²) in [5.74, 6) is 0.713. The van der Waals surface area contributed by atoms with Crippen molar-refractivity contribution in [2.75, 3.05) is 7.11 Å². The van der Waals surface area contributed by atoms with E-state index in [1.807, 2.05) is 6.07 Å². The topological polar surface area (TPSA) is 85.1 Å². The zero-order valence-electron chi connectivity index (χ0n) is 10.7. The number of nitrogens with zero attached hydrogens (tertiary/aromatic N) is 3. The molecule has 0 atom stereocenters. The van der Waals surface area contributed by atoms with Crippen LogP contribution in [0.1, 0.15) is 21.6 Å². The van der Waals surface area contributed by atoms with Crippen LogP contribution in [0.15, 0.2) is 30.6 Å². The number of pyridine rings is 2. The molecule has 0 aliphatic carbocycles. The van der Waals surface area contributed by atoms with Gasteiger partial charge in [0.25, 0.3) is 0 Å². The van der Waals surface area contributed by atoms with Crippen LogP contribution in [0.5, 0.6) is 11.6 Å². The highest BCUT2D eigenvalue weighted by Gasteiger charge is 2.06. The minimum Gasteiger partial charge on any atom is -0.486 e. The van der Waals surface area contributed by atoms with E-state index in [0.29, 0.717) is 29.2 Å². The van der Waals surface area contributed by atoms with E-state index < -0.39 is 0 Å². The molecule has 0 saturated heterocycles. The molecule has 0 saturated carbocycles. The fraction of sp³-hybridized carbons (Fsp3) is 0.143. The SMILES string of the molecule is COc1cc(C=O)c(OCc2ccc(C#N)nc2)cn1. The number of aldehydes is 1. The first kappa shape index (κ1) is 13.5. The molecule has 2 heterocycles. The van der Waals surface area contributed by atoms with Crippen LogP contribution in [0.2, 0.25) is 0 Å². The fourth-order valence-electron chi connectivity index (χ4n) is 1.50. The first-order valence-corrected chi connectivity index (χ1v) is 5.74. The molecule has 0 radical (unpaired) electrons. The van der Waals surface area contributed by atoms with Crippen LogP contribution in [0.25, 0.3) is 0 Å². The van der Waals surface area contributed by atoms with Crippen LogP contribution in [0, 0.1) is 11.3 Å². The van der Waals surface area contributed by atoms with E-state index in [4.69, 9.17) is 14.7 Å². The third kappa shape index (κ3) is 3.09. The molecule has 0 aliphatic heterocycles. The standard InChI is InChI=1S/C14H11N3O3/c1-19-14-4-11(8-18)13(7-17-14)20-9-10-2-3-12(5-15)16-6-10/h2-4,6-8H,9H2,1H3. The number of hydrogen-bond acceptors (Lipinski definition) is 6. The predicted molar refractivity (Wildman–Crippen MR) is 69.5 cm³/mol. The Balaban J connectivity index is 2.10. The van der Waals surface area contributed by atoms with Gasteiger partial charge in [-0.3, -0.25) is 4.79 Å². The van der Waals surface area contributed by atoms with Gasteiger partial charge in [-0.25, -0.2) is 9.97 Å². The smallest absolute Gasteiger partial charge is 0.213 e. The molecule has 6 heteroatoms. The molecule has 0 spiro atoms. The molecule has 20 heavy (non-hydrogen) atoms. The van der Waals surface area contributed by atoms with Gasteiger partial charge < -0.3 is 9.47 Å². The van der Waals surface area contributed by atoms with Gasteiger partial charge in [0.15, 0.2) is 6.29 Å². The second-order valence-electron chi connectivity index (χ2n) is 3.83. The lowest BCUT2D eigenvalue weighted by Crippen LogP contribution is -2.00. The summed E-state index contributed by atoms with van der Waals surface area (Å²) in [4.78, 5) is 18.9. The quantitative estimate of drug-likeness (QED) is 0.769. The number of carbonyl (C=O) groups excluding carboxylic acids is 1. The number of aromatic nitrogens is 2. The average molecular weight is 269 g/mol. The Morgan fingerprint density at radius 1 is 1.35 bits per heavy atom. The Morgan fingerprint density at radius 2 is 2.20 bits per heavy atom. The molecule has 2 rings (SSSR count). The van der Waals surface area contributed by atoms with Crippen LogP contribution in [0.4, 0.5) is 0 Å². The molecule has 2 aromatic heterocycles. The Kier molecular flexibility index (Phi) is 4.24. The van der Waals surface area contributed by atoms with Gasteiger partial charge in [0, 0.05) is 17.8 Å². The Hall–Kier alpha value is -2.94. The summed E-state index contributed by atoms with van der Waals surface area (Å²) in [6.07, 6.45) is 3.66. The van der Waals surface area contributed by atoms with Crippen LogP contribution in [-0.2, 0) is 6.61 Å². The van der Waals surface area contributed by atoms with E-state index in [1.54, 1.807) is 18.3 Å². The normalized spacial score (nSPS) is 9.60. The molecule has 0 fully saturated rings. The Labute approximate surface area is 115 Å². The van der Waals surface area contributed by atoms with Crippen molar-refractivity contribution in [3.63, 3.8) is 0 Å². The molecule has 0 amide bonds. The lowest BCUT2D eigenvalue weighted by atomic mass is 10.2. The zero-order valence-corrected chi connectivity index (χ0v) is 10.7. The molecule has 0 aliphatic rings. The maximum atomic E-state index is 11.0. The number of rotatable bonds is 5. The number of ether oxygens (including phenoxy) is 2. The third-order valence-corrected chi connectivity index (χ3v) is 2.54. The first-order chi connectivity index (χ1) is 9.76. The van der Waals surface area contributed by atoms with Crippen molar-refractivity contribution in [1.29, 1.82) is 5.26 Å². The molecule has 100 valence electrons. The van der Waals surface area contributed by atoms with E-state index in [9.17, 15) is 4.79 Å². The van der Waals surface area contributed by atoms with Crippen molar-refractivity contribution >= 4 is 6.29 Å². The molecular formula is C14H11N3O3. The van der Waals surface area contributed by atoms with E-state index in [2.05, 4.69) is 9.97 Å². The zero-order chi connectivity index (χ0) is 14.4. The summed E-state index contributed by atoms with van der Waals surface area (Å²) in [6, 6.07) is 6.78. The minimum absolute atomic E-state index is 0.230. The molecule has 6 nitrogen and oxygen atoms in total. The lowest BCUT2D eigenvalue weighted by molar-refractivity contribution is 0.111. The maximum Gasteiger partial charge on any atom is 0.213 e. The van der Waals surface area contributed by atoms with Crippen molar-refractivity contribution in [1.82, 2.24) is 9.97 Å². The highest BCUT2D eigenvalue weighted by molar-refractivity contribution is 5.79. The largest absolute Gasteiger partial charge is 0.486 e. The van der Waals surface area contributed by atoms with Crippen molar-refractivity contribution in [3.05, 3.63) is 47.4 Å². The van der Waals surface area contributed by atoms with Gasteiger partial charge in [-0.05, 0) is 6.07 Å². The van der Waals surface area contributed by atoms with Gasteiger partial charge in [0.05, 0.1) is 18.9 Å². The van der Waals surface area contributed by atoms with Gasteiger partial charge in [-0.1, -0.05) is 6.07 Å². The van der Waals surface area contributed by atoms with Crippen LogP contribution < -0.4 is 9.47 Å². The van der Waals surface area contributed by atoms with E-state index in [1.165, 1.54) is 19.4 Å². The van der Waals surface area contributed by atoms with Crippen molar-refractivity contribution in [2.45, 2.75) is 6.61 Å². The van der Waals surface area contributed by atoms with Gasteiger partial charge in [-0.2, -0.15) is 5.26 Å². The molecule has 0 bridgehead atoms. The van der Waals surface area contributed by atoms with E-state index in [0.717, 1.165) is 5.56 Å². The predicted octanol–water partition coefficient (Wildman–Crippen LogP) is 1.75. The Morgan fingerprint density at radius 3 is 2.80 bits per heavy atom. The minimum atomic E-state index is 0.230. The molecule has 2 aromatic rings. The summed E-state index contributed by atoms with van der Waals surface area (Å²) < 4.78 is 10.4. The molecule has 0 N–H and O–H groups in total. The van der Waals surface area contributed by atoms with Gasteiger partial charge >= 0.3 is 0 Å². The molecule has 0 unspecified atom stereocenters. The summed E-state index contributed by atoms with van der Waals surface area (Å²) >= 11 is 0. The monoisotopic (exact) mass is 269 g/mol. The lowest BCUT2D eigenvalue weighted by Gasteiger charge is -2.08. The Bertz CT molecular complexity index is 648. The second kappa shape index (κ2) is 6.29. The highest BCUT2D eigenvalue weighted by atomic mass is 16.5. The summed E-state index contributed by atoms with van der Waals surface area (Å²) in [5.41, 5.74) is 1.49. The van der Waals surface area contributed by atoms with Crippen molar-refractivity contribution < 1.29 is 14.3 Å². The number of nitriles is 1. The highest BCUT2D eigenvalue weighted by Crippen LogP contribution is 2.20. The number of carbonyl (C=O) groups is 1. The molecule has 0 aromatic carbocycles. The summed E-state index contributed by atoms with van der Waals surface area (Å²) in [6.45, 7) is 0.230. The second-order valence-corrected chi connectivity index (χ2v) is 3.83. The van der Waals surface area contributed by atoms with Crippen LogP contribution in [0.3, 0.4) is 0 Å². The van der Waals surface area contributed by atoms with Gasteiger partial charge in [0.2, 0.25) is 5.88 Å².